The highest BCUT2D eigenvalue weighted by Gasteiger charge is 2.14. The summed E-state index contributed by atoms with van der Waals surface area (Å²) in [5, 5.41) is 12.0. The lowest BCUT2D eigenvalue weighted by Crippen LogP contribution is -1.85. The van der Waals surface area contributed by atoms with Crippen LogP contribution in [0.1, 0.15) is 11.5 Å². The van der Waals surface area contributed by atoms with E-state index in [1.807, 2.05) is 41.9 Å². The molecule has 5 nitrogen and oxygen atoms in total. The maximum absolute atomic E-state index is 5.75. The fourth-order valence-corrected chi connectivity index (χ4v) is 4.15. The quantitative estimate of drug-likeness (QED) is 0.515. The van der Waals surface area contributed by atoms with Crippen molar-refractivity contribution in [3.05, 3.63) is 46.5 Å². The number of hydrogen-bond acceptors (Lipinski definition) is 7. The van der Waals surface area contributed by atoms with Crippen LogP contribution >= 0.6 is 34.4 Å². The summed E-state index contributed by atoms with van der Waals surface area (Å²) in [7, 11) is 0. The molecule has 0 atom stereocenters. The van der Waals surface area contributed by atoms with Gasteiger partial charge in [0.25, 0.3) is 0 Å². The minimum atomic E-state index is 0.683. The molecule has 0 saturated heterocycles. The van der Waals surface area contributed by atoms with Gasteiger partial charge in [0.05, 0.1) is 15.4 Å². The number of aryl methyl sites for hydroxylation is 1. The van der Waals surface area contributed by atoms with Crippen LogP contribution in [0.5, 0.6) is 0 Å². The zero-order valence-corrected chi connectivity index (χ0v) is 14.6. The predicted molar refractivity (Wildman–Crippen MR) is 93.8 cm³/mol. The van der Waals surface area contributed by atoms with Gasteiger partial charge in [-0.1, -0.05) is 23.9 Å². The van der Waals surface area contributed by atoms with Crippen LogP contribution < -0.4 is 0 Å². The third-order valence-corrected chi connectivity index (χ3v) is 5.78. The lowest BCUT2D eigenvalue weighted by Gasteiger charge is -1.93. The van der Waals surface area contributed by atoms with Crippen LogP contribution in [0.2, 0.25) is 0 Å². The summed E-state index contributed by atoms with van der Waals surface area (Å²) < 4.78 is 5.75. The maximum atomic E-state index is 5.75. The molecule has 8 heteroatoms. The number of aromatic amines is 1. The first-order chi connectivity index (χ1) is 11.3. The smallest absolute Gasteiger partial charge is 0.236 e. The number of nitrogens with one attached hydrogen (secondary N) is 1. The molecule has 4 rings (SSSR count). The summed E-state index contributed by atoms with van der Waals surface area (Å²) in [6.07, 6.45) is 0. The Balaban J connectivity index is 1.47. The molecule has 4 heterocycles. The van der Waals surface area contributed by atoms with E-state index in [1.54, 1.807) is 34.4 Å². The van der Waals surface area contributed by atoms with Crippen molar-refractivity contribution in [1.82, 2.24) is 20.2 Å². The van der Waals surface area contributed by atoms with Gasteiger partial charge < -0.3 is 4.42 Å². The average molecular weight is 360 g/mol. The van der Waals surface area contributed by atoms with Crippen LogP contribution in [0, 0.1) is 6.92 Å². The molecule has 0 fully saturated rings. The largest absolute Gasteiger partial charge is 0.440 e. The van der Waals surface area contributed by atoms with Crippen LogP contribution in [0.25, 0.3) is 21.5 Å². The maximum Gasteiger partial charge on any atom is 0.236 e. The Morgan fingerprint density at radius 1 is 1.13 bits per heavy atom. The van der Waals surface area contributed by atoms with E-state index in [9.17, 15) is 0 Å². The first-order valence-corrected chi connectivity index (χ1v) is 9.63. The lowest BCUT2D eigenvalue weighted by atomic mass is 10.4. The van der Waals surface area contributed by atoms with Crippen molar-refractivity contribution in [2.45, 2.75) is 17.8 Å². The molecule has 0 unspecified atom stereocenters. The molecule has 0 aliphatic heterocycles. The third-order valence-electron chi connectivity index (χ3n) is 3.18. The van der Waals surface area contributed by atoms with Gasteiger partial charge in [-0.2, -0.15) is 0 Å². The Morgan fingerprint density at radius 2 is 1.91 bits per heavy atom. The van der Waals surface area contributed by atoms with Crippen LogP contribution in [-0.4, -0.2) is 20.2 Å². The minimum absolute atomic E-state index is 0.683. The Bertz CT molecular complexity index is 893. The van der Waals surface area contributed by atoms with Crippen molar-refractivity contribution in [3.8, 4) is 21.5 Å². The molecule has 4 aromatic rings. The highest BCUT2D eigenvalue weighted by molar-refractivity contribution is 7.98. The summed E-state index contributed by atoms with van der Waals surface area (Å²) >= 11 is 4.81. The van der Waals surface area contributed by atoms with Gasteiger partial charge >= 0.3 is 0 Å². The minimum Gasteiger partial charge on any atom is -0.440 e. The van der Waals surface area contributed by atoms with E-state index in [4.69, 9.17) is 4.42 Å². The van der Waals surface area contributed by atoms with Gasteiger partial charge in [-0.05, 0) is 29.8 Å². The second-order valence-electron chi connectivity index (χ2n) is 4.73. The molecule has 0 aliphatic rings. The van der Waals surface area contributed by atoms with Crippen molar-refractivity contribution < 1.29 is 4.42 Å². The molecule has 23 heavy (non-hydrogen) atoms. The zero-order valence-electron chi connectivity index (χ0n) is 12.1. The molecule has 0 radical (unpaired) electrons. The van der Waals surface area contributed by atoms with Crippen molar-refractivity contribution in [2.24, 2.45) is 0 Å². The molecule has 0 aliphatic carbocycles. The summed E-state index contributed by atoms with van der Waals surface area (Å²) in [6.45, 7) is 1.94. The Hall–Kier alpha value is -1.90. The summed E-state index contributed by atoms with van der Waals surface area (Å²) in [5.74, 6) is 3.01. The Labute approximate surface area is 144 Å². The number of hydrogen-bond donors (Lipinski definition) is 1. The lowest BCUT2D eigenvalue weighted by molar-refractivity contribution is 0.542. The van der Waals surface area contributed by atoms with Crippen molar-refractivity contribution in [3.63, 3.8) is 0 Å². The van der Waals surface area contributed by atoms with E-state index in [0.29, 0.717) is 16.8 Å². The SMILES string of the molecule is Cc1oc(-c2cccs2)nc1CSc1n[nH]c(-c2cccs2)n1. The van der Waals surface area contributed by atoms with Gasteiger partial charge in [-0.25, -0.2) is 9.97 Å². The normalized spacial score (nSPS) is 11.2. The van der Waals surface area contributed by atoms with Gasteiger partial charge in [0.2, 0.25) is 11.0 Å². The molecule has 0 spiro atoms. The molecule has 0 bridgehead atoms. The summed E-state index contributed by atoms with van der Waals surface area (Å²) in [4.78, 5) is 11.2. The highest BCUT2D eigenvalue weighted by atomic mass is 32.2. The third kappa shape index (κ3) is 3.10. The van der Waals surface area contributed by atoms with E-state index in [-0.39, 0.29) is 0 Å². The number of H-pyrrole nitrogens is 1. The van der Waals surface area contributed by atoms with E-state index in [1.165, 1.54) is 0 Å². The van der Waals surface area contributed by atoms with Crippen molar-refractivity contribution in [2.75, 3.05) is 0 Å². The second kappa shape index (κ2) is 6.31. The Morgan fingerprint density at radius 3 is 2.65 bits per heavy atom. The summed E-state index contributed by atoms with van der Waals surface area (Å²) in [5.41, 5.74) is 0.931. The summed E-state index contributed by atoms with van der Waals surface area (Å²) in [6, 6.07) is 8.03. The molecule has 0 saturated carbocycles. The monoisotopic (exact) mass is 360 g/mol. The zero-order chi connectivity index (χ0) is 15.6. The van der Waals surface area contributed by atoms with E-state index in [0.717, 1.165) is 27.0 Å². The van der Waals surface area contributed by atoms with E-state index >= 15 is 0 Å². The molecule has 4 aromatic heterocycles. The van der Waals surface area contributed by atoms with Gasteiger partial charge in [-0.3, -0.25) is 5.10 Å². The number of aromatic nitrogens is 4. The molecule has 0 amide bonds. The standard InChI is InChI=1S/C15H12N4OS3/c1-9-10(16-14(20-9)12-5-3-7-22-12)8-23-15-17-13(18-19-15)11-4-2-6-21-11/h2-7H,8H2,1H3,(H,17,18,19). The fourth-order valence-electron chi connectivity index (χ4n) is 2.03. The van der Waals surface area contributed by atoms with Gasteiger partial charge in [0.1, 0.15) is 5.76 Å². The Kier molecular flexibility index (Phi) is 4.02. The number of thiophene rings is 2. The molecule has 116 valence electrons. The van der Waals surface area contributed by atoms with Crippen molar-refractivity contribution in [1.29, 1.82) is 0 Å². The second-order valence-corrected chi connectivity index (χ2v) is 7.57. The van der Waals surface area contributed by atoms with Crippen LogP contribution in [0.15, 0.2) is 44.6 Å². The highest BCUT2D eigenvalue weighted by Crippen LogP contribution is 2.29. The molecular weight excluding hydrogens is 348 g/mol. The molecule has 0 aromatic carbocycles. The van der Waals surface area contributed by atoms with Gasteiger partial charge in [0, 0.05) is 5.75 Å². The van der Waals surface area contributed by atoms with Gasteiger partial charge in [0.15, 0.2) is 5.82 Å². The number of thioether (sulfide) groups is 1. The molecule has 1 N–H and O–H groups in total. The number of nitrogens with zero attached hydrogens (tertiary/aromatic N) is 3. The number of rotatable bonds is 5. The fraction of sp³-hybridized carbons (Fsp3) is 0.133. The van der Waals surface area contributed by atoms with Crippen LogP contribution in [0.4, 0.5) is 0 Å². The van der Waals surface area contributed by atoms with E-state index in [2.05, 4.69) is 20.2 Å². The number of oxazole rings is 1. The molecular formula is C15H12N4OS3. The van der Waals surface area contributed by atoms with Crippen LogP contribution in [0.3, 0.4) is 0 Å². The van der Waals surface area contributed by atoms with Crippen molar-refractivity contribution >= 4 is 34.4 Å². The average Bonchev–Trinajstić information content (AvgIpc) is 3.32. The van der Waals surface area contributed by atoms with Crippen LogP contribution in [-0.2, 0) is 5.75 Å². The first-order valence-electron chi connectivity index (χ1n) is 6.89. The van der Waals surface area contributed by atoms with Gasteiger partial charge in [-0.15, -0.1) is 27.8 Å². The first kappa shape index (κ1) is 14.7. The van der Waals surface area contributed by atoms with E-state index < -0.39 is 0 Å². The topological polar surface area (TPSA) is 67.6 Å². The predicted octanol–water partition coefficient (Wildman–Crippen LogP) is 4.85.